The van der Waals surface area contributed by atoms with E-state index in [4.69, 9.17) is 0 Å². The number of rotatable bonds is 6. The molecule has 0 aliphatic rings. The molecule has 0 atom stereocenters. The van der Waals surface area contributed by atoms with Gasteiger partial charge in [-0.25, -0.2) is 10.2 Å². The van der Waals surface area contributed by atoms with Crippen LogP contribution in [0.5, 0.6) is 0 Å². The first-order chi connectivity index (χ1) is 8.69. The van der Waals surface area contributed by atoms with Gasteiger partial charge >= 0.3 is 35.5 Å². The Kier molecular flexibility index (Phi) is 12.7. The van der Waals surface area contributed by atoms with Crippen molar-refractivity contribution in [3.63, 3.8) is 0 Å². The zero-order valence-electron chi connectivity index (χ0n) is 12.1. The van der Waals surface area contributed by atoms with Crippen LogP contribution in [0.2, 0.25) is 0 Å². The fourth-order valence-corrected chi connectivity index (χ4v) is 1.36. The quantitative estimate of drug-likeness (QED) is 0.283. The van der Waals surface area contributed by atoms with Crippen LogP contribution < -0.4 is 40.4 Å². The smallest absolute Gasteiger partial charge is 0.870 e. The Labute approximate surface area is 140 Å². The van der Waals surface area contributed by atoms with E-state index in [2.05, 4.69) is 22.5 Å². The number of nitrogens with one attached hydrogen (secondary N) is 2. The molecule has 1 rings (SSSR count). The molecule has 1 aromatic carbocycles. The summed E-state index contributed by atoms with van der Waals surface area (Å²) in [4.78, 5) is 22.9. The summed E-state index contributed by atoms with van der Waals surface area (Å²) >= 11 is 0. The zero-order chi connectivity index (χ0) is 13.4. The van der Waals surface area contributed by atoms with Crippen molar-refractivity contribution in [2.24, 2.45) is 0 Å². The molecule has 20 heavy (non-hydrogen) atoms. The van der Waals surface area contributed by atoms with Crippen LogP contribution in [0.4, 0.5) is 0 Å². The molecule has 0 saturated heterocycles. The summed E-state index contributed by atoms with van der Waals surface area (Å²) in [6.45, 7) is 2.82. The van der Waals surface area contributed by atoms with Crippen molar-refractivity contribution in [3.05, 3.63) is 35.4 Å². The van der Waals surface area contributed by atoms with Crippen LogP contribution in [0.15, 0.2) is 24.3 Å². The SMILES string of the molecule is CCCCNNC(=O)c1ccc(C(=O)OC)cc1.[Na+].[OH-]. The maximum Gasteiger partial charge on any atom is 1.00 e. The zero-order valence-corrected chi connectivity index (χ0v) is 14.1. The van der Waals surface area contributed by atoms with E-state index in [9.17, 15) is 9.59 Å². The standard InChI is InChI=1S/C13H18N2O3.Na.H2O/c1-3-4-9-14-15-12(16)10-5-7-11(8-6-10)13(17)18-2;;/h5-8,14H,3-4,9H2,1-2H3,(H,15,16);;1H2/q;+1;/p-1. The molecule has 0 aliphatic heterocycles. The van der Waals surface area contributed by atoms with E-state index in [1.54, 1.807) is 24.3 Å². The van der Waals surface area contributed by atoms with Gasteiger partial charge < -0.3 is 10.2 Å². The van der Waals surface area contributed by atoms with Crippen LogP contribution in [0, 0.1) is 0 Å². The normalized spacial score (nSPS) is 8.90. The molecule has 0 aliphatic carbocycles. The molecule has 3 N–H and O–H groups in total. The molecule has 0 heterocycles. The molecule has 1 amide bonds. The first-order valence-electron chi connectivity index (χ1n) is 5.90. The molecule has 0 unspecified atom stereocenters. The third kappa shape index (κ3) is 7.02. The Morgan fingerprint density at radius 2 is 1.70 bits per heavy atom. The number of ether oxygens (including phenoxy) is 1. The Bertz CT molecular complexity index is 409. The van der Waals surface area contributed by atoms with Crippen molar-refractivity contribution in [1.29, 1.82) is 0 Å². The number of esters is 1. The van der Waals surface area contributed by atoms with Crippen LogP contribution in [0.1, 0.15) is 40.5 Å². The summed E-state index contributed by atoms with van der Waals surface area (Å²) in [7, 11) is 1.32. The first kappa shape index (κ1) is 21.4. The van der Waals surface area contributed by atoms with E-state index < -0.39 is 5.97 Å². The van der Waals surface area contributed by atoms with Crippen molar-refractivity contribution >= 4 is 11.9 Å². The van der Waals surface area contributed by atoms with Gasteiger partial charge in [0.15, 0.2) is 0 Å². The van der Waals surface area contributed by atoms with Crippen molar-refractivity contribution in [2.45, 2.75) is 19.8 Å². The fraction of sp³-hybridized carbons (Fsp3) is 0.385. The second-order valence-electron chi connectivity index (χ2n) is 3.80. The molecule has 0 spiro atoms. The number of benzene rings is 1. The number of hydrogen-bond acceptors (Lipinski definition) is 5. The van der Waals surface area contributed by atoms with Crippen molar-refractivity contribution < 1.29 is 49.4 Å². The van der Waals surface area contributed by atoms with E-state index >= 15 is 0 Å². The molecular weight excluding hydrogens is 271 g/mol. The summed E-state index contributed by atoms with van der Waals surface area (Å²) in [6.07, 6.45) is 2.07. The van der Waals surface area contributed by atoms with Gasteiger partial charge in [-0.1, -0.05) is 13.3 Å². The van der Waals surface area contributed by atoms with Gasteiger partial charge in [-0.2, -0.15) is 0 Å². The van der Waals surface area contributed by atoms with Gasteiger partial charge in [-0.05, 0) is 30.7 Å². The molecule has 0 fully saturated rings. The minimum absolute atomic E-state index is 0. The summed E-state index contributed by atoms with van der Waals surface area (Å²) in [5, 5.41) is 0. The fourth-order valence-electron chi connectivity index (χ4n) is 1.36. The summed E-state index contributed by atoms with van der Waals surface area (Å²) in [5.74, 6) is -0.634. The average Bonchev–Trinajstić information content (AvgIpc) is 2.42. The van der Waals surface area contributed by atoms with E-state index in [0.717, 1.165) is 19.4 Å². The van der Waals surface area contributed by atoms with Gasteiger partial charge in [0.2, 0.25) is 0 Å². The van der Waals surface area contributed by atoms with Crippen LogP contribution in [-0.2, 0) is 4.74 Å². The van der Waals surface area contributed by atoms with Gasteiger partial charge in [0.25, 0.3) is 5.91 Å². The number of carbonyl (C=O) groups excluding carboxylic acids is 2. The Morgan fingerprint density at radius 3 is 2.20 bits per heavy atom. The van der Waals surface area contributed by atoms with Crippen molar-refractivity contribution in [2.75, 3.05) is 13.7 Å². The third-order valence-corrected chi connectivity index (χ3v) is 2.43. The molecule has 106 valence electrons. The monoisotopic (exact) mass is 290 g/mol. The molecule has 0 radical (unpaired) electrons. The molecule has 0 bridgehead atoms. The van der Waals surface area contributed by atoms with E-state index in [-0.39, 0.29) is 40.9 Å². The second kappa shape index (κ2) is 11.9. The minimum atomic E-state index is -0.414. The number of hydrazine groups is 1. The molecule has 0 aromatic heterocycles. The summed E-state index contributed by atoms with van der Waals surface area (Å²) < 4.78 is 4.58. The van der Waals surface area contributed by atoms with Crippen LogP contribution >= 0.6 is 0 Å². The Morgan fingerprint density at radius 1 is 1.15 bits per heavy atom. The van der Waals surface area contributed by atoms with Gasteiger partial charge in [0, 0.05) is 12.1 Å². The van der Waals surface area contributed by atoms with E-state index in [1.165, 1.54) is 7.11 Å². The molecular formula is C13H19N2NaO4. The maximum absolute atomic E-state index is 11.7. The van der Waals surface area contributed by atoms with Crippen molar-refractivity contribution in [1.82, 2.24) is 10.9 Å². The number of unbranched alkanes of at least 4 members (excludes halogenated alkanes) is 1. The topological polar surface area (TPSA) is 97.4 Å². The predicted molar refractivity (Wildman–Crippen MR) is 70.1 cm³/mol. The number of hydrogen-bond donors (Lipinski definition) is 2. The largest absolute Gasteiger partial charge is 1.00 e. The molecule has 1 aromatic rings. The van der Waals surface area contributed by atoms with E-state index in [0.29, 0.717) is 11.1 Å². The minimum Gasteiger partial charge on any atom is -0.870 e. The Hall–Kier alpha value is -0.920. The van der Waals surface area contributed by atoms with Gasteiger partial charge in [0.05, 0.1) is 12.7 Å². The van der Waals surface area contributed by atoms with Crippen LogP contribution in [-0.4, -0.2) is 31.0 Å². The maximum atomic E-state index is 11.7. The number of amides is 1. The number of methoxy groups -OCH3 is 1. The van der Waals surface area contributed by atoms with Crippen molar-refractivity contribution in [3.8, 4) is 0 Å². The van der Waals surface area contributed by atoms with Crippen LogP contribution in [0.25, 0.3) is 0 Å². The summed E-state index contributed by atoms with van der Waals surface area (Å²) in [6, 6.07) is 6.30. The molecule has 6 nitrogen and oxygen atoms in total. The molecule has 0 saturated carbocycles. The van der Waals surface area contributed by atoms with Gasteiger partial charge in [0.1, 0.15) is 0 Å². The second-order valence-corrected chi connectivity index (χ2v) is 3.80. The van der Waals surface area contributed by atoms with Crippen LogP contribution in [0.3, 0.4) is 0 Å². The first-order valence-corrected chi connectivity index (χ1v) is 5.90. The average molecular weight is 290 g/mol. The third-order valence-electron chi connectivity index (χ3n) is 2.43. The van der Waals surface area contributed by atoms with E-state index in [1.807, 2.05) is 0 Å². The number of carbonyl (C=O) groups is 2. The molecule has 7 heteroatoms. The summed E-state index contributed by atoms with van der Waals surface area (Å²) in [5.41, 5.74) is 6.35. The van der Waals surface area contributed by atoms with Gasteiger partial charge in [-0.15, -0.1) is 0 Å². The predicted octanol–water partition coefficient (Wildman–Crippen LogP) is -1.67. The Balaban J connectivity index is 0. The van der Waals surface area contributed by atoms with Gasteiger partial charge in [-0.3, -0.25) is 10.2 Å².